The lowest BCUT2D eigenvalue weighted by Gasteiger charge is -2.30. The molecule has 0 saturated heterocycles. The summed E-state index contributed by atoms with van der Waals surface area (Å²) in [5.74, 6) is 0.957. The molecule has 518 valence electrons. The molecule has 3 heterocycles. The van der Waals surface area contributed by atoms with E-state index in [0.29, 0.717) is 11.8 Å². The van der Waals surface area contributed by atoms with Crippen LogP contribution in [-0.2, 0) is 6.42 Å². The van der Waals surface area contributed by atoms with Crippen molar-refractivity contribution < 1.29 is 13.3 Å². The second-order valence-electron chi connectivity index (χ2n) is 28.4. The minimum absolute atomic E-state index is 0.413. The second-order valence-corrected chi connectivity index (χ2v) is 30.1. The summed E-state index contributed by atoms with van der Waals surface area (Å²) in [6, 6.07) is 115. The van der Waals surface area contributed by atoms with Gasteiger partial charge in [0.15, 0.2) is 16.7 Å². The first-order chi connectivity index (χ1) is 52.5. The normalized spacial score (nSPS) is 11.7. The summed E-state index contributed by atoms with van der Waals surface area (Å²) in [5.41, 5.74) is 17.7. The van der Waals surface area contributed by atoms with Crippen molar-refractivity contribution in [1.29, 1.82) is 0 Å². The van der Waals surface area contributed by atoms with Crippen LogP contribution in [0.4, 0.5) is 45.5 Å². The Morgan fingerprint density at radius 2 is 0.617 bits per heavy atom. The molecule has 0 fully saturated rings. The number of hydrogen-bond donors (Lipinski definition) is 1. The second kappa shape index (κ2) is 28.2. The Morgan fingerprint density at radius 1 is 0.290 bits per heavy atom. The van der Waals surface area contributed by atoms with E-state index in [1.54, 1.807) is 0 Å². The van der Waals surface area contributed by atoms with Gasteiger partial charge in [0.1, 0.15) is 16.7 Å². The largest absolute Gasteiger partial charge is 0.454 e. The Morgan fingerprint density at radius 3 is 1.04 bits per heavy atom. The van der Waals surface area contributed by atoms with E-state index in [2.05, 4.69) is 373 Å². The van der Waals surface area contributed by atoms with E-state index >= 15 is 0 Å². The van der Waals surface area contributed by atoms with Crippen LogP contribution in [0.1, 0.15) is 69.6 Å². The monoisotopic (exact) mass is 1510 g/mol. The molecule has 1 N–H and O–H groups in total. The van der Waals surface area contributed by atoms with Crippen LogP contribution in [0.2, 0.25) is 0 Å². The van der Waals surface area contributed by atoms with Crippen molar-refractivity contribution in [2.45, 2.75) is 59.3 Å². The standard InChI is InChI=1S/C60H46N2O2.C21H19NO.C18H10Br2/c1-4-15-39-28-32-41(33-29-39)61(53-24-13-22-49-47-20-9-11-26-57(47)63-59(49)53)55-36-51-44-17-6-8-19-46(44)56(37-52(51)43-16-5-7-18-45(43)55)62(42-34-30-40(31-35-42)38(2)3)54-25-14-23-50-48-21-10-12-27-58(48)64-60(50)54;1-14(2)15-10-12-16(13-11-15)22-19-8-5-7-18-17-6-3-4-9-20(17)23-21(18)19;19-17-10-16-12-6-2-4-8-14(12)18(20)9-15(16)11-5-1-3-7-13(11)17/h5-14,16-38H,4,15H2,1-3H3;3-14,22H,1-2H3;1-10H. The average Bonchev–Trinajstić information content (AvgIpc) is 1.65. The number of nitrogens with one attached hydrogen (secondary N) is 1. The van der Waals surface area contributed by atoms with E-state index < -0.39 is 0 Å². The van der Waals surface area contributed by atoms with Crippen LogP contribution in [0.5, 0.6) is 0 Å². The highest BCUT2D eigenvalue weighted by molar-refractivity contribution is 9.11. The van der Waals surface area contributed by atoms with Crippen molar-refractivity contribution in [3.8, 4) is 0 Å². The predicted molar refractivity (Wildman–Crippen MR) is 463 cm³/mol. The number of benzene rings is 17. The molecule has 0 aliphatic heterocycles. The van der Waals surface area contributed by atoms with Gasteiger partial charge in [-0.05, 0) is 186 Å². The zero-order valence-corrected chi connectivity index (χ0v) is 63.2. The lowest BCUT2D eigenvalue weighted by atomic mass is 9.93. The van der Waals surface area contributed by atoms with Gasteiger partial charge in [-0.25, -0.2) is 0 Å². The lowest BCUT2D eigenvalue weighted by molar-refractivity contribution is 0.669. The smallest absolute Gasteiger partial charge is 0.159 e. The summed E-state index contributed by atoms with van der Waals surface area (Å²) in [5, 5.41) is 24.8. The number of aryl methyl sites for hydroxylation is 1. The van der Waals surface area contributed by atoms with Crippen LogP contribution >= 0.6 is 31.9 Å². The molecule has 0 radical (unpaired) electrons. The van der Waals surface area contributed by atoms with E-state index in [9.17, 15) is 0 Å². The van der Waals surface area contributed by atoms with Crippen molar-refractivity contribution in [2.24, 2.45) is 0 Å². The van der Waals surface area contributed by atoms with Gasteiger partial charge in [-0.3, -0.25) is 0 Å². The molecule has 20 aromatic rings. The first-order valence-electron chi connectivity index (χ1n) is 36.9. The van der Waals surface area contributed by atoms with Crippen molar-refractivity contribution in [3.63, 3.8) is 0 Å². The molecule has 0 amide bonds. The number of anilines is 8. The van der Waals surface area contributed by atoms with Gasteiger partial charge < -0.3 is 28.4 Å². The maximum atomic E-state index is 6.78. The quantitative estimate of drug-likeness (QED) is 0.123. The third-order valence-corrected chi connectivity index (χ3v) is 22.5. The Bertz CT molecular complexity index is 6710. The average molecular weight is 1510 g/mol. The number of furan rings is 3. The van der Waals surface area contributed by atoms with Gasteiger partial charge in [-0.2, -0.15) is 0 Å². The Labute approximate surface area is 637 Å². The maximum absolute atomic E-state index is 6.78. The number of fused-ring (bicyclic) bond motifs is 19. The molecule has 0 aliphatic rings. The Balaban J connectivity index is 0.000000151. The molecule has 0 saturated carbocycles. The molecule has 6 nitrogen and oxygen atoms in total. The van der Waals surface area contributed by atoms with Crippen molar-refractivity contribution in [2.75, 3.05) is 15.1 Å². The molecule has 8 heteroatoms. The highest BCUT2D eigenvalue weighted by Gasteiger charge is 2.27. The summed E-state index contributed by atoms with van der Waals surface area (Å²) in [7, 11) is 0. The minimum Gasteiger partial charge on any atom is -0.454 e. The fraction of sp³-hybridized carbons (Fsp3) is 0.0909. The predicted octanol–water partition coefficient (Wildman–Crippen LogP) is 31.1. The van der Waals surface area contributed by atoms with E-state index in [1.807, 2.05) is 30.3 Å². The van der Waals surface area contributed by atoms with Crippen molar-refractivity contribution >= 4 is 208 Å². The lowest BCUT2D eigenvalue weighted by Crippen LogP contribution is -2.12. The Hall–Kier alpha value is -11.9. The molecule has 0 atom stereocenters. The summed E-state index contributed by atoms with van der Waals surface area (Å²) >= 11 is 7.42. The fourth-order valence-electron chi connectivity index (χ4n) is 15.8. The first kappa shape index (κ1) is 67.0. The number of para-hydroxylation sites is 6. The van der Waals surface area contributed by atoms with Gasteiger partial charge in [-0.1, -0.05) is 297 Å². The van der Waals surface area contributed by atoms with Crippen LogP contribution < -0.4 is 15.1 Å². The first-order valence-corrected chi connectivity index (χ1v) is 38.5. The molecule has 20 rings (SSSR count). The highest BCUT2D eigenvalue weighted by atomic mass is 79.9. The number of halogens is 2. The molecule has 0 unspecified atom stereocenters. The SMILES string of the molecule is Brc1cc2c3ccccc3c(Br)cc2c2ccccc12.CC(C)c1ccc(Nc2cccc3c2oc2ccccc23)cc1.CCCc1ccc(N(c2cc3c4ccccc4c(N(c4ccc(C(C)C)cc4)c4cccc5c4oc4ccccc45)cc3c3ccccc23)c2cccc3c2oc2ccccc23)cc1. The van der Waals surface area contributed by atoms with E-state index in [4.69, 9.17) is 13.3 Å². The van der Waals surface area contributed by atoms with E-state index in [0.717, 1.165) is 144 Å². The fourth-order valence-corrected chi connectivity index (χ4v) is 17.0. The number of hydrogen-bond acceptors (Lipinski definition) is 6. The summed E-state index contributed by atoms with van der Waals surface area (Å²) in [6.07, 6.45) is 2.14. The van der Waals surface area contributed by atoms with Crippen LogP contribution in [-0.4, -0.2) is 0 Å². The van der Waals surface area contributed by atoms with Gasteiger partial charge in [-0.15, -0.1) is 0 Å². The molecule has 17 aromatic carbocycles. The molecule has 0 bridgehead atoms. The third kappa shape index (κ3) is 12.2. The molecular formula is C99H75Br2N3O3. The van der Waals surface area contributed by atoms with Gasteiger partial charge in [0.05, 0.1) is 28.4 Å². The van der Waals surface area contributed by atoms with Gasteiger partial charge in [0.25, 0.3) is 0 Å². The maximum Gasteiger partial charge on any atom is 0.159 e. The van der Waals surface area contributed by atoms with Crippen molar-refractivity contribution in [1.82, 2.24) is 0 Å². The van der Waals surface area contributed by atoms with Crippen LogP contribution in [0.3, 0.4) is 0 Å². The molecule has 0 aliphatic carbocycles. The topological polar surface area (TPSA) is 57.9 Å². The van der Waals surface area contributed by atoms with Gasteiger partial charge >= 0.3 is 0 Å². The molecule has 0 spiro atoms. The molecule has 107 heavy (non-hydrogen) atoms. The minimum atomic E-state index is 0.413. The van der Waals surface area contributed by atoms with E-state index in [1.165, 1.54) is 70.6 Å². The van der Waals surface area contributed by atoms with Gasteiger partial charge in [0, 0.05) is 69.1 Å². The number of rotatable bonds is 12. The highest BCUT2D eigenvalue weighted by Crippen LogP contribution is 2.51. The van der Waals surface area contributed by atoms with Crippen LogP contribution in [0, 0.1) is 0 Å². The van der Waals surface area contributed by atoms with Crippen LogP contribution in [0.15, 0.2) is 344 Å². The van der Waals surface area contributed by atoms with Crippen LogP contribution in [0.25, 0.3) is 130 Å². The number of nitrogens with zero attached hydrogens (tertiary/aromatic N) is 2. The summed E-state index contributed by atoms with van der Waals surface area (Å²) in [4.78, 5) is 4.82. The zero-order chi connectivity index (χ0) is 72.4. The molecule has 3 aromatic heterocycles. The third-order valence-electron chi connectivity index (χ3n) is 21.2. The van der Waals surface area contributed by atoms with Crippen molar-refractivity contribution in [3.05, 3.63) is 347 Å². The summed E-state index contributed by atoms with van der Waals surface area (Å²) in [6.45, 7) is 11.1. The zero-order valence-electron chi connectivity index (χ0n) is 60.0. The van der Waals surface area contributed by atoms with Gasteiger partial charge in [0.2, 0.25) is 0 Å². The van der Waals surface area contributed by atoms with E-state index in [-0.39, 0.29) is 0 Å². The molecular weight excluding hydrogens is 1440 g/mol. The Kier molecular flexibility index (Phi) is 17.6. The summed E-state index contributed by atoms with van der Waals surface area (Å²) < 4.78 is 21.9.